The molecule has 0 heterocycles. The van der Waals surface area contributed by atoms with Crippen LogP contribution in [0.5, 0.6) is 0 Å². The third-order valence-electron chi connectivity index (χ3n) is 1.18. The number of aliphatic carboxylic acids is 1. The van der Waals surface area contributed by atoms with Crippen molar-refractivity contribution >= 4 is 29.5 Å². The monoisotopic (exact) mass is 220 g/mol. The Morgan fingerprint density at radius 2 is 1.86 bits per heavy atom. The molecular weight excluding hydrogens is 208 g/mol. The van der Waals surface area contributed by atoms with E-state index in [2.05, 4.69) is 10.6 Å². The van der Waals surface area contributed by atoms with Crippen LogP contribution in [0.3, 0.4) is 0 Å². The molecule has 0 atom stereocenters. The summed E-state index contributed by atoms with van der Waals surface area (Å²) in [5, 5.41) is 12.9. The molecule has 0 saturated carbocycles. The van der Waals surface area contributed by atoms with Crippen molar-refractivity contribution in [2.75, 3.05) is 25.1 Å². The van der Waals surface area contributed by atoms with Crippen LogP contribution in [0.1, 0.15) is 0 Å². The highest BCUT2D eigenvalue weighted by molar-refractivity contribution is 8.00. The first-order chi connectivity index (χ1) is 6.56. The second-order valence-electron chi connectivity index (χ2n) is 2.34. The van der Waals surface area contributed by atoms with E-state index in [-0.39, 0.29) is 29.9 Å². The van der Waals surface area contributed by atoms with Gasteiger partial charge in [-0.1, -0.05) is 0 Å². The SMILES string of the molecule is CNC(=O)CNC(=O)CSCC(=O)O. The number of likely N-dealkylation sites (N-methyl/N-ethyl adjacent to an activating group) is 1. The molecule has 0 aromatic carbocycles. The topological polar surface area (TPSA) is 95.5 Å². The zero-order chi connectivity index (χ0) is 11.0. The smallest absolute Gasteiger partial charge is 0.313 e. The van der Waals surface area contributed by atoms with Crippen molar-refractivity contribution in [2.45, 2.75) is 0 Å². The molecule has 0 saturated heterocycles. The van der Waals surface area contributed by atoms with Gasteiger partial charge >= 0.3 is 5.97 Å². The standard InChI is InChI=1S/C7H12N2O4S/c1-8-5(10)2-9-6(11)3-14-4-7(12)13/h2-4H2,1H3,(H,8,10)(H,9,11)(H,12,13). The van der Waals surface area contributed by atoms with E-state index >= 15 is 0 Å². The predicted octanol–water partition coefficient (Wildman–Crippen LogP) is -1.33. The fourth-order valence-corrected chi connectivity index (χ4v) is 1.11. The van der Waals surface area contributed by atoms with Gasteiger partial charge in [0.25, 0.3) is 0 Å². The number of hydrogen-bond donors (Lipinski definition) is 3. The van der Waals surface area contributed by atoms with Crippen LogP contribution < -0.4 is 10.6 Å². The zero-order valence-corrected chi connectivity index (χ0v) is 8.52. The van der Waals surface area contributed by atoms with Crippen LogP contribution >= 0.6 is 11.8 Å². The van der Waals surface area contributed by atoms with E-state index in [1.807, 2.05) is 0 Å². The third kappa shape index (κ3) is 7.41. The number of thioether (sulfide) groups is 1. The Balaban J connectivity index is 3.46. The molecule has 0 radical (unpaired) electrons. The maximum Gasteiger partial charge on any atom is 0.313 e. The van der Waals surface area contributed by atoms with Crippen LogP contribution in [0.25, 0.3) is 0 Å². The number of carbonyl (C=O) groups is 3. The lowest BCUT2D eigenvalue weighted by molar-refractivity contribution is -0.133. The average molecular weight is 220 g/mol. The van der Waals surface area contributed by atoms with Gasteiger partial charge in [0.2, 0.25) is 11.8 Å². The lowest BCUT2D eigenvalue weighted by atomic mass is 10.5. The first-order valence-corrected chi connectivity index (χ1v) is 4.98. The Morgan fingerprint density at radius 1 is 1.21 bits per heavy atom. The number of nitrogens with one attached hydrogen (secondary N) is 2. The van der Waals surface area contributed by atoms with Gasteiger partial charge < -0.3 is 15.7 Å². The molecule has 80 valence electrons. The Morgan fingerprint density at radius 3 is 2.36 bits per heavy atom. The minimum Gasteiger partial charge on any atom is -0.481 e. The molecule has 14 heavy (non-hydrogen) atoms. The molecule has 0 rings (SSSR count). The van der Waals surface area contributed by atoms with Crippen molar-refractivity contribution in [3.8, 4) is 0 Å². The molecule has 3 N–H and O–H groups in total. The summed E-state index contributed by atoms with van der Waals surface area (Å²) in [6, 6.07) is 0. The number of rotatable bonds is 6. The van der Waals surface area contributed by atoms with Crippen LogP contribution in [0.15, 0.2) is 0 Å². The van der Waals surface area contributed by atoms with Gasteiger partial charge in [-0.05, 0) is 0 Å². The van der Waals surface area contributed by atoms with Crippen LogP contribution in [-0.2, 0) is 14.4 Å². The largest absolute Gasteiger partial charge is 0.481 e. The summed E-state index contributed by atoms with van der Waals surface area (Å²) in [4.78, 5) is 31.7. The maximum atomic E-state index is 10.9. The maximum absolute atomic E-state index is 10.9. The van der Waals surface area contributed by atoms with Gasteiger partial charge in [-0.2, -0.15) is 0 Å². The summed E-state index contributed by atoms with van der Waals surface area (Å²) >= 11 is 0.985. The number of hydrogen-bond acceptors (Lipinski definition) is 4. The molecule has 2 amide bonds. The molecule has 0 fully saturated rings. The second-order valence-corrected chi connectivity index (χ2v) is 3.32. The lowest BCUT2D eigenvalue weighted by Gasteiger charge is -2.02. The Labute approximate surface area is 85.4 Å². The number of carboxylic acid groups (broad SMARTS) is 1. The van der Waals surface area contributed by atoms with Crippen LogP contribution in [0.4, 0.5) is 0 Å². The van der Waals surface area contributed by atoms with Gasteiger partial charge in [-0.25, -0.2) is 0 Å². The van der Waals surface area contributed by atoms with Crippen molar-refractivity contribution in [1.29, 1.82) is 0 Å². The van der Waals surface area contributed by atoms with E-state index in [9.17, 15) is 14.4 Å². The molecule has 0 spiro atoms. The predicted molar refractivity (Wildman–Crippen MR) is 52.0 cm³/mol. The van der Waals surface area contributed by atoms with Crippen molar-refractivity contribution in [3.63, 3.8) is 0 Å². The first kappa shape index (κ1) is 12.8. The summed E-state index contributed by atoms with van der Waals surface area (Å²) in [6.45, 7) is -0.0804. The summed E-state index contributed by atoms with van der Waals surface area (Å²) < 4.78 is 0. The Bertz CT molecular complexity index is 232. The van der Waals surface area contributed by atoms with Gasteiger partial charge in [0.05, 0.1) is 18.1 Å². The fourth-order valence-electron chi connectivity index (χ4n) is 0.549. The first-order valence-electron chi connectivity index (χ1n) is 3.83. The van der Waals surface area contributed by atoms with Gasteiger partial charge in [-0.3, -0.25) is 14.4 Å². The van der Waals surface area contributed by atoms with E-state index in [0.29, 0.717) is 0 Å². The van der Waals surface area contributed by atoms with E-state index < -0.39 is 5.97 Å². The molecule has 6 nitrogen and oxygen atoms in total. The van der Waals surface area contributed by atoms with Gasteiger partial charge in [0, 0.05) is 7.05 Å². The highest BCUT2D eigenvalue weighted by Crippen LogP contribution is 1.97. The Kier molecular flexibility index (Phi) is 6.55. The Hall–Kier alpha value is -1.24. The summed E-state index contributed by atoms with van der Waals surface area (Å²) in [5.74, 6) is -1.67. The molecule has 7 heteroatoms. The lowest BCUT2D eigenvalue weighted by Crippen LogP contribution is -2.36. The zero-order valence-electron chi connectivity index (χ0n) is 7.70. The van der Waals surface area contributed by atoms with Crippen LogP contribution in [0, 0.1) is 0 Å². The molecule has 0 aliphatic rings. The second kappa shape index (κ2) is 7.19. The average Bonchev–Trinajstić information content (AvgIpc) is 2.13. The quantitative estimate of drug-likeness (QED) is 0.515. The number of carboxylic acids is 1. The van der Waals surface area contributed by atoms with Gasteiger partial charge in [-0.15, -0.1) is 11.8 Å². The molecule has 0 aliphatic carbocycles. The molecular formula is C7H12N2O4S. The van der Waals surface area contributed by atoms with E-state index in [1.165, 1.54) is 7.05 Å². The van der Waals surface area contributed by atoms with Crippen molar-refractivity contribution in [1.82, 2.24) is 10.6 Å². The van der Waals surface area contributed by atoms with E-state index in [1.54, 1.807) is 0 Å². The van der Waals surface area contributed by atoms with Gasteiger partial charge in [0.1, 0.15) is 0 Å². The summed E-state index contributed by atoms with van der Waals surface area (Å²) in [5.41, 5.74) is 0. The number of carbonyl (C=O) groups excluding carboxylic acids is 2. The van der Waals surface area contributed by atoms with Crippen LogP contribution in [0.2, 0.25) is 0 Å². The molecule has 0 aliphatic heterocycles. The van der Waals surface area contributed by atoms with E-state index in [0.717, 1.165) is 11.8 Å². The van der Waals surface area contributed by atoms with E-state index in [4.69, 9.17) is 5.11 Å². The molecule has 0 bridgehead atoms. The highest BCUT2D eigenvalue weighted by atomic mass is 32.2. The van der Waals surface area contributed by atoms with Crippen molar-refractivity contribution in [3.05, 3.63) is 0 Å². The van der Waals surface area contributed by atoms with Crippen molar-refractivity contribution < 1.29 is 19.5 Å². The fraction of sp³-hybridized carbons (Fsp3) is 0.571. The number of amides is 2. The molecule has 0 aromatic heterocycles. The normalized spacial score (nSPS) is 9.21. The minimum atomic E-state index is -0.964. The molecule has 0 aromatic rings. The van der Waals surface area contributed by atoms with Gasteiger partial charge in [0.15, 0.2) is 0 Å². The highest BCUT2D eigenvalue weighted by Gasteiger charge is 2.05. The van der Waals surface area contributed by atoms with Crippen molar-refractivity contribution in [2.24, 2.45) is 0 Å². The summed E-state index contributed by atoms with van der Waals surface area (Å²) in [6.07, 6.45) is 0. The minimum absolute atomic E-state index is 0.0449. The van der Waals surface area contributed by atoms with Crippen LogP contribution in [-0.4, -0.2) is 48.0 Å². The third-order valence-corrected chi connectivity index (χ3v) is 2.10. The molecule has 0 unspecified atom stereocenters. The summed E-state index contributed by atoms with van der Waals surface area (Å²) in [7, 11) is 1.47.